The summed E-state index contributed by atoms with van der Waals surface area (Å²) in [5, 5.41) is 4.93. The van der Waals surface area contributed by atoms with Crippen molar-refractivity contribution in [3.05, 3.63) is 41.4 Å². The number of nitrogens with one attached hydrogen (secondary N) is 1. The summed E-state index contributed by atoms with van der Waals surface area (Å²) in [7, 11) is 0. The predicted molar refractivity (Wildman–Crippen MR) is 70.0 cm³/mol. The second-order valence-corrected chi connectivity index (χ2v) is 4.32. The quantitative estimate of drug-likeness (QED) is 0.475. The number of halogens is 1. The zero-order valence-corrected chi connectivity index (χ0v) is 9.82. The fourth-order valence-electron chi connectivity index (χ4n) is 1.72. The molecule has 0 amide bonds. The molecular weight excluding hydrogens is 220 g/mol. The van der Waals surface area contributed by atoms with Crippen LogP contribution in [-0.4, -0.2) is 6.21 Å². The Balaban J connectivity index is 1.89. The van der Waals surface area contributed by atoms with Gasteiger partial charge in [0.05, 0.1) is 10.7 Å². The van der Waals surface area contributed by atoms with Crippen LogP contribution in [0.1, 0.15) is 19.3 Å². The molecule has 2 nitrogen and oxygen atoms in total. The van der Waals surface area contributed by atoms with Crippen molar-refractivity contribution in [2.75, 3.05) is 5.43 Å². The van der Waals surface area contributed by atoms with Crippen molar-refractivity contribution in [3.63, 3.8) is 0 Å². The van der Waals surface area contributed by atoms with Gasteiger partial charge in [-0.15, -0.1) is 0 Å². The van der Waals surface area contributed by atoms with E-state index in [1.807, 2.05) is 30.5 Å². The summed E-state index contributed by atoms with van der Waals surface area (Å²) >= 11 is 6.00. The second-order valence-electron chi connectivity index (χ2n) is 3.91. The first-order chi connectivity index (χ1) is 7.86. The predicted octanol–water partition coefficient (Wildman–Crippen LogP) is 4.09. The van der Waals surface area contributed by atoms with E-state index in [1.165, 1.54) is 6.42 Å². The third kappa shape index (κ3) is 3.11. The molecule has 0 spiro atoms. The largest absolute Gasteiger partial charge is 0.277 e. The molecule has 1 atom stereocenters. The minimum absolute atomic E-state index is 0.556. The van der Waals surface area contributed by atoms with Gasteiger partial charge in [-0.25, -0.2) is 0 Å². The van der Waals surface area contributed by atoms with E-state index in [0.717, 1.165) is 18.5 Å². The van der Waals surface area contributed by atoms with E-state index in [1.54, 1.807) is 0 Å². The van der Waals surface area contributed by atoms with Crippen LogP contribution >= 0.6 is 11.6 Å². The number of hydrogen-bond acceptors (Lipinski definition) is 2. The van der Waals surface area contributed by atoms with Crippen LogP contribution in [0.15, 0.2) is 41.5 Å². The van der Waals surface area contributed by atoms with Gasteiger partial charge >= 0.3 is 0 Å². The first kappa shape index (κ1) is 11.2. The third-order valence-corrected chi connectivity index (χ3v) is 2.98. The summed E-state index contributed by atoms with van der Waals surface area (Å²) in [5.41, 5.74) is 3.83. The number of hydrazone groups is 1. The molecule has 0 saturated heterocycles. The van der Waals surface area contributed by atoms with Crippen molar-refractivity contribution in [2.24, 2.45) is 11.0 Å². The number of allylic oxidation sites excluding steroid dienone is 2. The lowest BCUT2D eigenvalue weighted by Gasteiger charge is -2.12. The van der Waals surface area contributed by atoms with Gasteiger partial charge in [0.25, 0.3) is 0 Å². The fraction of sp³-hybridized carbons (Fsp3) is 0.308. The van der Waals surface area contributed by atoms with E-state index < -0.39 is 0 Å². The van der Waals surface area contributed by atoms with Crippen LogP contribution in [-0.2, 0) is 0 Å². The molecule has 1 aliphatic carbocycles. The Morgan fingerprint density at radius 1 is 1.31 bits per heavy atom. The average molecular weight is 235 g/mol. The van der Waals surface area contributed by atoms with Gasteiger partial charge in [0.1, 0.15) is 0 Å². The van der Waals surface area contributed by atoms with E-state index in [-0.39, 0.29) is 0 Å². The van der Waals surface area contributed by atoms with Gasteiger partial charge in [-0.2, -0.15) is 5.10 Å². The van der Waals surface area contributed by atoms with Crippen molar-refractivity contribution < 1.29 is 0 Å². The highest BCUT2D eigenvalue weighted by atomic mass is 35.5. The highest BCUT2D eigenvalue weighted by molar-refractivity contribution is 6.33. The van der Waals surface area contributed by atoms with E-state index >= 15 is 0 Å². The van der Waals surface area contributed by atoms with Crippen molar-refractivity contribution in [2.45, 2.75) is 19.3 Å². The SMILES string of the molecule is Clc1ccccc1N/N=C\[C@@H]1CC=CCC1. The van der Waals surface area contributed by atoms with Crippen LogP contribution in [0, 0.1) is 5.92 Å². The van der Waals surface area contributed by atoms with Gasteiger partial charge in [0.15, 0.2) is 0 Å². The lowest BCUT2D eigenvalue weighted by Crippen LogP contribution is -2.05. The number of rotatable bonds is 3. The first-order valence-electron chi connectivity index (χ1n) is 5.55. The highest BCUT2D eigenvalue weighted by Crippen LogP contribution is 2.20. The molecule has 1 aromatic rings. The zero-order chi connectivity index (χ0) is 11.2. The van der Waals surface area contributed by atoms with Gasteiger partial charge in [-0.1, -0.05) is 35.9 Å². The van der Waals surface area contributed by atoms with Gasteiger partial charge in [-0.05, 0) is 37.3 Å². The normalized spacial score (nSPS) is 20.2. The van der Waals surface area contributed by atoms with Crippen LogP contribution < -0.4 is 5.43 Å². The minimum Gasteiger partial charge on any atom is -0.277 e. The molecule has 3 heteroatoms. The van der Waals surface area contributed by atoms with Crippen molar-refractivity contribution >= 4 is 23.5 Å². The molecule has 0 fully saturated rings. The fourth-order valence-corrected chi connectivity index (χ4v) is 1.89. The lowest BCUT2D eigenvalue weighted by atomic mass is 9.96. The molecule has 0 bridgehead atoms. The third-order valence-electron chi connectivity index (χ3n) is 2.65. The Morgan fingerprint density at radius 2 is 2.19 bits per heavy atom. The summed E-state index contributed by atoms with van der Waals surface area (Å²) < 4.78 is 0. The highest BCUT2D eigenvalue weighted by Gasteiger charge is 2.06. The number of benzene rings is 1. The molecule has 0 aromatic heterocycles. The van der Waals surface area contributed by atoms with Crippen LogP contribution in [0.2, 0.25) is 5.02 Å². The maximum absolute atomic E-state index is 6.00. The van der Waals surface area contributed by atoms with Gasteiger partial charge in [0, 0.05) is 6.21 Å². The summed E-state index contributed by atoms with van der Waals surface area (Å²) in [4.78, 5) is 0. The standard InChI is InChI=1S/C13H15ClN2/c14-12-8-4-5-9-13(12)16-15-10-11-6-2-1-3-7-11/h1-2,4-5,8-11,16H,3,6-7H2/b15-10-/t11-/m1/s1. The van der Waals surface area contributed by atoms with Gasteiger partial charge in [0.2, 0.25) is 0 Å². The number of para-hydroxylation sites is 1. The molecule has 0 heterocycles. The molecule has 1 aromatic carbocycles. The molecular formula is C13H15ClN2. The van der Waals surface area contributed by atoms with Crippen LogP contribution in [0.3, 0.4) is 0 Å². The monoisotopic (exact) mass is 234 g/mol. The van der Waals surface area contributed by atoms with Crippen LogP contribution in [0.5, 0.6) is 0 Å². The van der Waals surface area contributed by atoms with Crippen LogP contribution in [0.4, 0.5) is 5.69 Å². The molecule has 0 unspecified atom stereocenters. The van der Waals surface area contributed by atoms with E-state index in [0.29, 0.717) is 10.9 Å². The summed E-state index contributed by atoms with van der Waals surface area (Å²) in [6.45, 7) is 0. The number of anilines is 1. The summed E-state index contributed by atoms with van der Waals surface area (Å²) in [6.07, 6.45) is 9.86. The molecule has 1 N–H and O–H groups in total. The molecule has 0 radical (unpaired) electrons. The molecule has 84 valence electrons. The van der Waals surface area contributed by atoms with Gasteiger partial charge in [-0.3, -0.25) is 5.43 Å². The maximum Gasteiger partial charge on any atom is 0.0747 e. The molecule has 0 aliphatic heterocycles. The Kier molecular flexibility index (Phi) is 4.00. The van der Waals surface area contributed by atoms with E-state index in [2.05, 4.69) is 22.7 Å². The molecule has 16 heavy (non-hydrogen) atoms. The first-order valence-corrected chi connectivity index (χ1v) is 5.93. The minimum atomic E-state index is 0.556. The summed E-state index contributed by atoms with van der Waals surface area (Å²) in [5.74, 6) is 0.556. The Bertz CT molecular complexity index is 399. The number of hydrogen-bond donors (Lipinski definition) is 1. The van der Waals surface area contributed by atoms with E-state index in [9.17, 15) is 0 Å². The van der Waals surface area contributed by atoms with Crippen molar-refractivity contribution in [3.8, 4) is 0 Å². The van der Waals surface area contributed by atoms with Crippen molar-refractivity contribution in [1.82, 2.24) is 0 Å². The topological polar surface area (TPSA) is 24.4 Å². The molecule has 1 aliphatic rings. The van der Waals surface area contributed by atoms with Gasteiger partial charge < -0.3 is 0 Å². The molecule has 0 saturated carbocycles. The zero-order valence-electron chi connectivity index (χ0n) is 9.07. The Labute approximate surface area is 101 Å². The lowest BCUT2D eigenvalue weighted by molar-refractivity contribution is 0.627. The maximum atomic E-state index is 6.00. The average Bonchev–Trinajstić information content (AvgIpc) is 2.33. The Hall–Kier alpha value is -1.28. The second kappa shape index (κ2) is 5.71. The van der Waals surface area contributed by atoms with E-state index in [4.69, 9.17) is 11.6 Å². The molecule has 2 rings (SSSR count). The summed E-state index contributed by atoms with van der Waals surface area (Å²) in [6, 6.07) is 7.61. The van der Waals surface area contributed by atoms with Crippen molar-refractivity contribution in [1.29, 1.82) is 0 Å². The smallest absolute Gasteiger partial charge is 0.0747 e. The van der Waals surface area contributed by atoms with Crippen LogP contribution in [0.25, 0.3) is 0 Å². The number of nitrogens with zero attached hydrogens (tertiary/aromatic N) is 1. The Morgan fingerprint density at radius 3 is 2.94 bits per heavy atom.